The van der Waals surface area contributed by atoms with E-state index in [1.165, 1.54) is 11.8 Å². The fraction of sp³-hybridized carbons (Fsp3) is 0.286. The number of hydrogen-bond donors (Lipinski definition) is 1. The number of nitrogens with zero attached hydrogens (tertiary/aromatic N) is 6. The molecule has 0 aliphatic carbocycles. The van der Waals surface area contributed by atoms with E-state index in [2.05, 4.69) is 51.6 Å². The second kappa shape index (κ2) is 8.66. The molecule has 0 atom stereocenters. The van der Waals surface area contributed by atoms with Gasteiger partial charge in [-0.3, -0.25) is 4.79 Å². The van der Waals surface area contributed by atoms with Gasteiger partial charge in [0.25, 0.3) is 0 Å². The number of thioether (sulfide) groups is 1. The predicted molar refractivity (Wildman–Crippen MR) is 118 cm³/mol. The number of hydrogen-bond acceptors (Lipinski definition) is 6. The standard InChI is InChI=1S/C21H23N7OS/c1-14(2)28-20-17(10-23-28)9-18(11-22-20)24-19(29)13-30-21-26-25-15(3)27(21)12-16-7-5-4-6-8-16/h4-11,14H,12-13H2,1-3H3,(H,24,29). The number of aryl methyl sites for hydroxylation is 1. The normalized spacial score (nSPS) is 11.3. The number of carbonyl (C=O) groups is 1. The van der Waals surface area contributed by atoms with Gasteiger partial charge in [0, 0.05) is 11.4 Å². The van der Waals surface area contributed by atoms with Gasteiger partial charge in [-0.2, -0.15) is 5.10 Å². The molecule has 3 aromatic heterocycles. The van der Waals surface area contributed by atoms with Gasteiger partial charge in [-0.05, 0) is 32.4 Å². The third-order valence-corrected chi connectivity index (χ3v) is 5.59. The van der Waals surface area contributed by atoms with Crippen LogP contribution in [-0.4, -0.2) is 41.2 Å². The lowest BCUT2D eigenvalue weighted by Crippen LogP contribution is -2.15. The van der Waals surface area contributed by atoms with Crippen LogP contribution < -0.4 is 5.32 Å². The Labute approximate surface area is 178 Å². The number of nitrogens with one attached hydrogen (secondary N) is 1. The molecule has 1 aromatic carbocycles. The second-order valence-electron chi connectivity index (χ2n) is 7.26. The first-order chi connectivity index (χ1) is 14.5. The molecule has 0 aliphatic rings. The van der Waals surface area contributed by atoms with Gasteiger partial charge in [-0.15, -0.1) is 10.2 Å². The van der Waals surface area contributed by atoms with E-state index in [9.17, 15) is 4.79 Å². The van der Waals surface area contributed by atoms with E-state index in [1.54, 1.807) is 12.4 Å². The summed E-state index contributed by atoms with van der Waals surface area (Å²) in [6, 6.07) is 12.2. The molecule has 0 fully saturated rings. The molecular weight excluding hydrogens is 398 g/mol. The third-order valence-electron chi connectivity index (χ3n) is 4.62. The minimum Gasteiger partial charge on any atom is -0.324 e. The Morgan fingerprint density at radius 2 is 1.97 bits per heavy atom. The molecule has 8 nitrogen and oxygen atoms in total. The van der Waals surface area contributed by atoms with Gasteiger partial charge >= 0.3 is 0 Å². The molecular formula is C21H23N7OS. The summed E-state index contributed by atoms with van der Waals surface area (Å²) < 4.78 is 3.87. The van der Waals surface area contributed by atoms with Crippen molar-refractivity contribution in [1.29, 1.82) is 0 Å². The number of carbonyl (C=O) groups excluding carboxylic acids is 1. The Bertz CT molecular complexity index is 1170. The highest BCUT2D eigenvalue weighted by Crippen LogP contribution is 2.21. The lowest BCUT2D eigenvalue weighted by molar-refractivity contribution is -0.113. The fourth-order valence-electron chi connectivity index (χ4n) is 3.13. The maximum atomic E-state index is 12.5. The van der Waals surface area contributed by atoms with Gasteiger partial charge in [-0.1, -0.05) is 42.1 Å². The van der Waals surface area contributed by atoms with Gasteiger partial charge in [0.15, 0.2) is 10.8 Å². The highest BCUT2D eigenvalue weighted by Gasteiger charge is 2.13. The Balaban J connectivity index is 1.40. The smallest absolute Gasteiger partial charge is 0.234 e. The van der Waals surface area contributed by atoms with Gasteiger partial charge in [-0.25, -0.2) is 9.67 Å². The number of benzene rings is 1. The first-order valence-electron chi connectivity index (χ1n) is 9.71. The zero-order valence-electron chi connectivity index (χ0n) is 17.1. The second-order valence-corrected chi connectivity index (χ2v) is 8.20. The first kappa shape index (κ1) is 20.1. The minimum absolute atomic E-state index is 0.121. The first-order valence-corrected chi connectivity index (χ1v) is 10.7. The van der Waals surface area contributed by atoms with E-state index >= 15 is 0 Å². The Hall–Kier alpha value is -3.20. The molecule has 0 radical (unpaired) electrons. The molecule has 154 valence electrons. The maximum Gasteiger partial charge on any atom is 0.234 e. The fourth-order valence-corrected chi connectivity index (χ4v) is 3.91. The summed E-state index contributed by atoms with van der Waals surface area (Å²) in [5, 5.41) is 17.3. The summed E-state index contributed by atoms with van der Waals surface area (Å²) in [5.74, 6) is 0.929. The van der Waals surface area contributed by atoms with Crippen molar-refractivity contribution >= 4 is 34.4 Å². The van der Waals surface area contributed by atoms with E-state index in [-0.39, 0.29) is 17.7 Å². The topological polar surface area (TPSA) is 90.5 Å². The van der Waals surface area contributed by atoms with Crippen LogP contribution in [0.3, 0.4) is 0 Å². The van der Waals surface area contributed by atoms with Crippen LogP contribution in [0.25, 0.3) is 11.0 Å². The summed E-state index contributed by atoms with van der Waals surface area (Å²) in [4.78, 5) is 16.9. The zero-order valence-corrected chi connectivity index (χ0v) is 17.9. The van der Waals surface area contributed by atoms with Crippen LogP contribution in [0.2, 0.25) is 0 Å². The van der Waals surface area contributed by atoms with Gasteiger partial charge < -0.3 is 9.88 Å². The van der Waals surface area contributed by atoms with Crippen LogP contribution in [0.5, 0.6) is 0 Å². The summed E-state index contributed by atoms with van der Waals surface area (Å²) in [6.45, 7) is 6.70. The van der Waals surface area contributed by atoms with Crippen molar-refractivity contribution in [3.05, 3.63) is 60.2 Å². The van der Waals surface area contributed by atoms with Gasteiger partial charge in [0.05, 0.1) is 30.4 Å². The molecule has 1 amide bonds. The van der Waals surface area contributed by atoms with E-state index in [1.807, 2.05) is 40.4 Å². The highest BCUT2D eigenvalue weighted by atomic mass is 32.2. The van der Waals surface area contributed by atoms with E-state index in [0.29, 0.717) is 12.2 Å². The Morgan fingerprint density at radius 1 is 1.17 bits per heavy atom. The summed E-state index contributed by atoms with van der Waals surface area (Å²) in [7, 11) is 0. The largest absolute Gasteiger partial charge is 0.324 e. The number of amides is 1. The van der Waals surface area contributed by atoms with Gasteiger partial charge in [0.2, 0.25) is 5.91 Å². The number of rotatable bonds is 7. The SMILES string of the molecule is Cc1nnc(SCC(=O)Nc2cnc3c(cnn3C(C)C)c2)n1Cc1ccccc1. The number of pyridine rings is 1. The summed E-state index contributed by atoms with van der Waals surface area (Å²) >= 11 is 1.37. The monoisotopic (exact) mass is 421 g/mol. The molecule has 3 heterocycles. The molecule has 1 N–H and O–H groups in total. The van der Waals surface area contributed by atoms with Gasteiger partial charge in [0.1, 0.15) is 5.82 Å². The van der Waals surface area contributed by atoms with E-state index < -0.39 is 0 Å². The lowest BCUT2D eigenvalue weighted by Gasteiger charge is -2.09. The zero-order chi connectivity index (χ0) is 21.1. The third kappa shape index (κ3) is 4.35. The van der Waals surface area contributed by atoms with Crippen LogP contribution in [-0.2, 0) is 11.3 Å². The average molecular weight is 422 g/mol. The van der Waals surface area contributed by atoms with E-state index in [4.69, 9.17) is 0 Å². The molecule has 0 saturated carbocycles. The van der Waals surface area contributed by atoms with Crippen molar-refractivity contribution < 1.29 is 4.79 Å². The van der Waals surface area contributed by atoms with Crippen LogP contribution in [0.1, 0.15) is 31.3 Å². The molecule has 0 saturated heterocycles. The van der Waals surface area contributed by atoms with Crippen molar-refractivity contribution in [2.75, 3.05) is 11.1 Å². The molecule has 0 bridgehead atoms. The Morgan fingerprint density at radius 3 is 2.73 bits per heavy atom. The number of fused-ring (bicyclic) bond motifs is 1. The molecule has 4 aromatic rings. The molecule has 9 heteroatoms. The van der Waals surface area contributed by atoms with Crippen LogP contribution >= 0.6 is 11.8 Å². The average Bonchev–Trinajstić information content (AvgIpc) is 3.31. The van der Waals surface area contributed by atoms with Crippen molar-refractivity contribution in [2.24, 2.45) is 0 Å². The molecule has 0 aliphatic heterocycles. The number of anilines is 1. The molecule has 0 unspecified atom stereocenters. The number of aromatic nitrogens is 6. The summed E-state index contributed by atoms with van der Waals surface area (Å²) in [5.41, 5.74) is 2.62. The predicted octanol–water partition coefficient (Wildman–Crippen LogP) is 3.69. The van der Waals surface area contributed by atoms with E-state index in [0.717, 1.165) is 27.6 Å². The molecule has 30 heavy (non-hydrogen) atoms. The highest BCUT2D eigenvalue weighted by molar-refractivity contribution is 7.99. The van der Waals surface area contributed by atoms with Crippen molar-refractivity contribution in [2.45, 2.75) is 38.5 Å². The van der Waals surface area contributed by atoms with Crippen molar-refractivity contribution in [3.8, 4) is 0 Å². The quantitative estimate of drug-likeness (QED) is 0.458. The minimum atomic E-state index is -0.121. The van der Waals surface area contributed by atoms with Crippen molar-refractivity contribution in [1.82, 2.24) is 29.5 Å². The molecule has 0 spiro atoms. The van der Waals surface area contributed by atoms with Crippen LogP contribution in [0, 0.1) is 6.92 Å². The molecule has 4 rings (SSSR count). The van der Waals surface area contributed by atoms with Crippen LogP contribution in [0.15, 0.2) is 53.9 Å². The Kier molecular flexibility index (Phi) is 5.80. The van der Waals surface area contributed by atoms with Crippen molar-refractivity contribution in [3.63, 3.8) is 0 Å². The summed E-state index contributed by atoms with van der Waals surface area (Å²) in [6.07, 6.45) is 3.43. The lowest BCUT2D eigenvalue weighted by atomic mass is 10.2. The maximum absolute atomic E-state index is 12.5. The van der Waals surface area contributed by atoms with Crippen LogP contribution in [0.4, 0.5) is 5.69 Å².